The molecule has 1 aromatic heterocycles. The van der Waals surface area contributed by atoms with Crippen LogP contribution in [0.2, 0.25) is 10.0 Å². The normalized spacial score (nSPS) is 10.8. The summed E-state index contributed by atoms with van der Waals surface area (Å²) in [5, 5.41) is 7.64. The predicted molar refractivity (Wildman–Crippen MR) is 121 cm³/mol. The fourth-order valence-electron chi connectivity index (χ4n) is 3.12. The standard InChI is InChI=1S/C23H16Cl2FN3O/c1-13-9-22(27-16-4-2-3-14(24)10-16)29-21-8-6-17(12-19(13)21)28-23(30)18-7-5-15(26)11-20(18)25/h2-12H,1H3,(H,27,29)(H,28,30). The molecule has 150 valence electrons. The summed E-state index contributed by atoms with van der Waals surface area (Å²) in [4.78, 5) is 17.1. The van der Waals surface area contributed by atoms with E-state index in [9.17, 15) is 9.18 Å². The third-order valence-corrected chi connectivity index (χ3v) is 5.09. The van der Waals surface area contributed by atoms with E-state index in [1.165, 1.54) is 12.1 Å². The number of rotatable bonds is 4. The molecule has 2 N–H and O–H groups in total. The molecule has 4 rings (SSSR count). The van der Waals surface area contributed by atoms with Crippen LogP contribution in [0, 0.1) is 12.7 Å². The molecule has 0 aliphatic carbocycles. The van der Waals surface area contributed by atoms with Crippen LogP contribution in [0.15, 0.2) is 66.7 Å². The van der Waals surface area contributed by atoms with Gasteiger partial charge in [0.2, 0.25) is 0 Å². The lowest BCUT2D eigenvalue weighted by Gasteiger charge is -2.12. The average Bonchev–Trinajstić information content (AvgIpc) is 2.68. The monoisotopic (exact) mass is 439 g/mol. The zero-order chi connectivity index (χ0) is 21.3. The van der Waals surface area contributed by atoms with Crippen LogP contribution in [0.3, 0.4) is 0 Å². The fourth-order valence-corrected chi connectivity index (χ4v) is 3.57. The number of anilines is 3. The highest BCUT2D eigenvalue weighted by atomic mass is 35.5. The van der Waals surface area contributed by atoms with E-state index in [1.54, 1.807) is 12.1 Å². The Balaban J connectivity index is 1.60. The van der Waals surface area contributed by atoms with E-state index in [0.717, 1.165) is 28.2 Å². The SMILES string of the molecule is Cc1cc(Nc2cccc(Cl)c2)nc2ccc(NC(=O)c3ccc(F)cc3Cl)cc12. The molecule has 0 spiro atoms. The first-order valence-corrected chi connectivity index (χ1v) is 9.85. The van der Waals surface area contributed by atoms with Crippen LogP contribution in [0.4, 0.5) is 21.6 Å². The number of carbonyl (C=O) groups is 1. The zero-order valence-corrected chi connectivity index (χ0v) is 17.4. The van der Waals surface area contributed by atoms with Gasteiger partial charge in [0.25, 0.3) is 5.91 Å². The number of halogens is 3. The van der Waals surface area contributed by atoms with Gasteiger partial charge in [-0.15, -0.1) is 0 Å². The Morgan fingerprint density at radius 3 is 2.57 bits per heavy atom. The molecule has 0 radical (unpaired) electrons. The molecule has 0 bridgehead atoms. The highest BCUT2D eigenvalue weighted by Gasteiger charge is 2.12. The Labute approximate surface area is 182 Å². The first kappa shape index (κ1) is 20.1. The summed E-state index contributed by atoms with van der Waals surface area (Å²) in [6.07, 6.45) is 0. The molecule has 0 unspecified atom stereocenters. The van der Waals surface area contributed by atoms with Crippen LogP contribution in [0.1, 0.15) is 15.9 Å². The summed E-state index contributed by atoms with van der Waals surface area (Å²) < 4.78 is 13.2. The first-order chi connectivity index (χ1) is 14.4. The molecule has 0 aliphatic heterocycles. The van der Waals surface area contributed by atoms with Gasteiger partial charge in [0.1, 0.15) is 11.6 Å². The number of aryl methyl sites for hydroxylation is 1. The first-order valence-electron chi connectivity index (χ1n) is 9.09. The van der Waals surface area contributed by atoms with Crippen LogP contribution in [-0.2, 0) is 0 Å². The van der Waals surface area contributed by atoms with Crippen LogP contribution in [0.5, 0.6) is 0 Å². The minimum Gasteiger partial charge on any atom is -0.340 e. The molecule has 30 heavy (non-hydrogen) atoms. The van der Waals surface area contributed by atoms with Gasteiger partial charge in [-0.2, -0.15) is 0 Å². The van der Waals surface area contributed by atoms with Crippen molar-refractivity contribution in [1.82, 2.24) is 4.98 Å². The Morgan fingerprint density at radius 1 is 0.967 bits per heavy atom. The molecule has 4 nitrogen and oxygen atoms in total. The number of fused-ring (bicyclic) bond motifs is 1. The Morgan fingerprint density at radius 2 is 1.80 bits per heavy atom. The molecule has 0 saturated heterocycles. The van der Waals surface area contributed by atoms with Crippen molar-refractivity contribution in [2.24, 2.45) is 0 Å². The second-order valence-corrected chi connectivity index (χ2v) is 7.61. The minimum absolute atomic E-state index is 0.0582. The molecular weight excluding hydrogens is 424 g/mol. The number of amides is 1. The highest BCUT2D eigenvalue weighted by Crippen LogP contribution is 2.27. The second-order valence-electron chi connectivity index (χ2n) is 6.77. The van der Waals surface area contributed by atoms with E-state index in [0.29, 0.717) is 16.5 Å². The molecule has 0 aliphatic rings. The smallest absolute Gasteiger partial charge is 0.257 e. The van der Waals surface area contributed by atoms with Crippen molar-refractivity contribution in [2.45, 2.75) is 6.92 Å². The third kappa shape index (κ3) is 4.37. The van der Waals surface area contributed by atoms with Crippen molar-refractivity contribution >= 4 is 57.2 Å². The number of nitrogens with zero attached hydrogens (tertiary/aromatic N) is 1. The van der Waals surface area contributed by atoms with E-state index >= 15 is 0 Å². The number of pyridine rings is 1. The van der Waals surface area contributed by atoms with Gasteiger partial charge in [0.15, 0.2) is 0 Å². The maximum Gasteiger partial charge on any atom is 0.257 e. The van der Waals surface area contributed by atoms with E-state index in [-0.39, 0.29) is 10.6 Å². The van der Waals surface area contributed by atoms with E-state index in [1.807, 2.05) is 43.3 Å². The van der Waals surface area contributed by atoms with Gasteiger partial charge in [0.05, 0.1) is 16.1 Å². The van der Waals surface area contributed by atoms with Gasteiger partial charge in [-0.05, 0) is 73.2 Å². The molecule has 1 amide bonds. The van der Waals surface area contributed by atoms with E-state index in [4.69, 9.17) is 23.2 Å². The Kier molecular flexibility index (Phi) is 5.57. The maximum atomic E-state index is 13.2. The quantitative estimate of drug-likeness (QED) is 0.360. The largest absolute Gasteiger partial charge is 0.340 e. The van der Waals surface area contributed by atoms with Crippen LogP contribution in [0.25, 0.3) is 10.9 Å². The minimum atomic E-state index is -0.494. The van der Waals surface area contributed by atoms with Gasteiger partial charge in [-0.3, -0.25) is 4.79 Å². The summed E-state index contributed by atoms with van der Waals surface area (Å²) in [5.41, 5.74) is 3.40. The van der Waals surface area contributed by atoms with E-state index < -0.39 is 11.7 Å². The van der Waals surface area contributed by atoms with Crippen LogP contribution in [-0.4, -0.2) is 10.9 Å². The summed E-state index contributed by atoms with van der Waals surface area (Å²) in [7, 11) is 0. The lowest BCUT2D eigenvalue weighted by Crippen LogP contribution is -2.12. The van der Waals surface area contributed by atoms with Crippen LogP contribution >= 0.6 is 23.2 Å². The number of hydrogen-bond donors (Lipinski definition) is 2. The van der Waals surface area contributed by atoms with Gasteiger partial charge >= 0.3 is 0 Å². The zero-order valence-electron chi connectivity index (χ0n) is 15.8. The van der Waals surface area contributed by atoms with Crippen molar-refractivity contribution in [2.75, 3.05) is 10.6 Å². The molecule has 1 heterocycles. The van der Waals surface area contributed by atoms with Crippen LogP contribution < -0.4 is 10.6 Å². The van der Waals surface area contributed by atoms with Crippen molar-refractivity contribution in [3.8, 4) is 0 Å². The van der Waals surface area contributed by atoms with Gasteiger partial charge < -0.3 is 10.6 Å². The highest BCUT2D eigenvalue weighted by molar-refractivity contribution is 6.34. The van der Waals surface area contributed by atoms with Crippen molar-refractivity contribution in [3.63, 3.8) is 0 Å². The van der Waals surface area contributed by atoms with Gasteiger partial charge in [-0.25, -0.2) is 9.37 Å². The van der Waals surface area contributed by atoms with Gasteiger partial charge in [-0.1, -0.05) is 29.3 Å². The number of benzene rings is 3. The lowest BCUT2D eigenvalue weighted by atomic mass is 10.1. The summed E-state index contributed by atoms with van der Waals surface area (Å²) in [6.45, 7) is 1.97. The van der Waals surface area contributed by atoms with Crippen molar-refractivity contribution in [1.29, 1.82) is 0 Å². The maximum absolute atomic E-state index is 13.2. The molecular formula is C23H16Cl2FN3O. The molecule has 0 atom stereocenters. The Hall–Kier alpha value is -3.15. The molecule has 0 saturated carbocycles. The van der Waals surface area contributed by atoms with E-state index in [2.05, 4.69) is 15.6 Å². The molecule has 3 aromatic carbocycles. The predicted octanol–water partition coefficient (Wildman–Crippen LogP) is 6.99. The number of aromatic nitrogens is 1. The summed E-state index contributed by atoms with van der Waals surface area (Å²) >= 11 is 12.0. The average molecular weight is 440 g/mol. The number of carbonyl (C=O) groups excluding carboxylic acids is 1. The van der Waals surface area contributed by atoms with Crippen molar-refractivity contribution < 1.29 is 9.18 Å². The fraction of sp³-hybridized carbons (Fsp3) is 0.0435. The molecule has 4 aromatic rings. The lowest BCUT2D eigenvalue weighted by molar-refractivity contribution is 0.102. The summed E-state index contributed by atoms with van der Waals surface area (Å²) in [6, 6.07) is 18.4. The third-order valence-electron chi connectivity index (χ3n) is 4.55. The van der Waals surface area contributed by atoms with Gasteiger partial charge in [0, 0.05) is 21.8 Å². The number of nitrogens with one attached hydrogen (secondary N) is 2. The summed E-state index contributed by atoms with van der Waals surface area (Å²) in [5.74, 6) is -0.215. The Bertz CT molecular complexity index is 1280. The van der Waals surface area contributed by atoms with Crippen molar-refractivity contribution in [3.05, 3.63) is 93.7 Å². The number of hydrogen-bond acceptors (Lipinski definition) is 3. The molecule has 7 heteroatoms. The topological polar surface area (TPSA) is 54.0 Å². The second kappa shape index (κ2) is 8.30. The molecule has 0 fully saturated rings.